The SMILES string of the molecule is O=C1CCCN1.[K+]. The molecule has 0 aromatic rings. The van der Waals surface area contributed by atoms with E-state index in [0.29, 0.717) is 0 Å². The molecule has 7 heavy (non-hydrogen) atoms. The van der Waals surface area contributed by atoms with Crippen molar-refractivity contribution < 1.29 is 56.2 Å². The largest absolute Gasteiger partial charge is 1.00 e. The molecule has 0 bridgehead atoms. The van der Waals surface area contributed by atoms with E-state index in [9.17, 15) is 4.79 Å². The fraction of sp³-hybridized carbons (Fsp3) is 0.750. The van der Waals surface area contributed by atoms with Gasteiger partial charge in [0.1, 0.15) is 0 Å². The van der Waals surface area contributed by atoms with E-state index in [1.165, 1.54) is 0 Å². The van der Waals surface area contributed by atoms with Gasteiger partial charge in [0.05, 0.1) is 0 Å². The predicted octanol–water partition coefficient (Wildman–Crippen LogP) is -3.10. The Labute approximate surface area is 85.5 Å². The van der Waals surface area contributed by atoms with Crippen LogP contribution in [0.1, 0.15) is 12.8 Å². The van der Waals surface area contributed by atoms with Crippen LogP contribution in [0.3, 0.4) is 0 Å². The van der Waals surface area contributed by atoms with Gasteiger partial charge in [-0.05, 0) is 6.42 Å². The average molecular weight is 124 g/mol. The van der Waals surface area contributed by atoms with Gasteiger partial charge in [0.25, 0.3) is 0 Å². The first-order valence-corrected chi connectivity index (χ1v) is 2.16. The zero-order valence-electron chi connectivity index (χ0n) is 4.53. The summed E-state index contributed by atoms with van der Waals surface area (Å²) in [5.74, 6) is 0.204. The summed E-state index contributed by atoms with van der Waals surface area (Å²) < 4.78 is 0. The van der Waals surface area contributed by atoms with Crippen LogP contribution in [-0.4, -0.2) is 12.5 Å². The molecule has 1 rings (SSSR count). The topological polar surface area (TPSA) is 29.1 Å². The molecule has 0 aromatic carbocycles. The molecule has 3 heteroatoms. The van der Waals surface area contributed by atoms with Crippen LogP contribution in [0, 0.1) is 0 Å². The molecule has 1 aliphatic rings. The van der Waals surface area contributed by atoms with Gasteiger partial charge in [-0.2, -0.15) is 0 Å². The molecule has 0 aromatic heterocycles. The summed E-state index contributed by atoms with van der Waals surface area (Å²) in [6.07, 6.45) is 1.76. The Morgan fingerprint density at radius 3 is 2.43 bits per heavy atom. The molecule has 0 aliphatic carbocycles. The van der Waals surface area contributed by atoms with E-state index in [0.717, 1.165) is 19.4 Å². The number of carbonyl (C=O) groups excluding carboxylic acids is 1. The summed E-state index contributed by atoms with van der Waals surface area (Å²) in [6, 6.07) is 0. The first-order chi connectivity index (χ1) is 2.89. The van der Waals surface area contributed by atoms with Gasteiger partial charge in [0, 0.05) is 13.0 Å². The fourth-order valence-electron chi connectivity index (χ4n) is 0.565. The molecule has 1 amide bonds. The van der Waals surface area contributed by atoms with Crippen molar-refractivity contribution in [3.05, 3.63) is 0 Å². The van der Waals surface area contributed by atoms with Gasteiger partial charge in [-0.15, -0.1) is 0 Å². The Balaban J connectivity index is 0.000000360. The molecule has 0 unspecified atom stereocenters. The number of hydrogen-bond donors (Lipinski definition) is 1. The zero-order chi connectivity index (χ0) is 4.41. The van der Waals surface area contributed by atoms with E-state index in [1.54, 1.807) is 0 Å². The van der Waals surface area contributed by atoms with Crippen molar-refractivity contribution in [2.45, 2.75) is 12.8 Å². The molecule has 1 fully saturated rings. The van der Waals surface area contributed by atoms with Crippen LogP contribution in [0.4, 0.5) is 0 Å². The zero-order valence-corrected chi connectivity index (χ0v) is 7.65. The molecule has 0 atom stereocenters. The Bertz CT molecular complexity index is 66.1. The van der Waals surface area contributed by atoms with Crippen LogP contribution in [0.2, 0.25) is 0 Å². The quantitative estimate of drug-likeness (QED) is 0.341. The third-order valence-electron chi connectivity index (χ3n) is 0.903. The first-order valence-electron chi connectivity index (χ1n) is 2.16. The van der Waals surface area contributed by atoms with E-state index < -0.39 is 0 Å². The van der Waals surface area contributed by atoms with Gasteiger partial charge < -0.3 is 5.32 Å². The van der Waals surface area contributed by atoms with E-state index in [4.69, 9.17) is 0 Å². The summed E-state index contributed by atoms with van der Waals surface area (Å²) in [5, 5.41) is 2.68. The van der Waals surface area contributed by atoms with Crippen LogP contribution in [0.15, 0.2) is 0 Å². The molecular formula is C4H7KNO+. The van der Waals surface area contributed by atoms with E-state index in [1.807, 2.05) is 0 Å². The maximum atomic E-state index is 10.1. The minimum Gasteiger partial charge on any atom is -0.356 e. The molecule has 2 nitrogen and oxygen atoms in total. The van der Waals surface area contributed by atoms with Crippen molar-refractivity contribution in [2.75, 3.05) is 6.54 Å². The molecule has 1 N–H and O–H groups in total. The maximum Gasteiger partial charge on any atom is 1.00 e. The van der Waals surface area contributed by atoms with Crippen molar-refractivity contribution in [1.29, 1.82) is 0 Å². The first kappa shape index (κ1) is 8.11. The molecule has 0 spiro atoms. The maximum absolute atomic E-state index is 10.1. The third kappa shape index (κ3) is 2.82. The van der Waals surface area contributed by atoms with Gasteiger partial charge >= 0.3 is 51.4 Å². The summed E-state index contributed by atoms with van der Waals surface area (Å²) in [5.41, 5.74) is 0. The number of carbonyl (C=O) groups is 1. The number of hydrogen-bond acceptors (Lipinski definition) is 1. The Morgan fingerprint density at radius 2 is 2.29 bits per heavy atom. The number of nitrogens with one attached hydrogen (secondary N) is 1. The van der Waals surface area contributed by atoms with Crippen molar-refractivity contribution in [3.63, 3.8) is 0 Å². The van der Waals surface area contributed by atoms with Crippen LogP contribution in [-0.2, 0) is 4.79 Å². The van der Waals surface area contributed by atoms with Crippen LogP contribution in [0.5, 0.6) is 0 Å². The Kier molecular flexibility index (Phi) is 4.67. The van der Waals surface area contributed by atoms with Crippen molar-refractivity contribution in [1.82, 2.24) is 5.32 Å². The van der Waals surface area contributed by atoms with E-state index >= 15 is 0 Å². The second-order valence-electron chi connectivity index (χ2n) is 1.45. The van der Waals surface area contributed by atoms with Gasteiger partial charge in [-0.3, -0.25) is 4.79 Å². The van der Waals surface area contributed by atoms with Crippen LogP contribution >= 0.6 is 0 Å². The summed E-state index contributed by atoms with van der Waals surface area (Å²) >= 11 is 0. The predicted molar refractivity (Wildman–Crippen MR) is 22.2 cm³/mol. The summed E-state index contributed by atoms with van der Waals surface area (Å²) in [6.45, 7) is 0.888. The van der Waals surface area contributed by atoms with Gasteiger partial charge in [0.2, 0.25) is 5.91 Å². The molecule has 1 saturated heterocycles. The van der Waals surface area contributed by atoms with Gasteiger partial charge in [-0.1, -0.05) is 0 Å². The van der Waals surface area contributed by atoms with Gasteiger partial charge in [-0.25, -0.2) is 0 Å². The summed E-state index contributed by atoms with van der Waals surface area (Å²) in [4.78, 5) is 10.1. The molecule has 34 valence electrons. The molecule has 1 aliphatic heterocycles. The second-order valence-corrected chi connectivity index (χ2v) is 1.45. The minimum absolute atomic E-state index is 0. The van der Waals surface area contributed by atoms with Crippen LogP contribution in [0.25, 0.3) is 0 Å². The Hall–Kier alpha value is 1.11. The second kappa shape index (κ2) is 4.03. The minimum atomic E-state index is 0. The number of rotatable bonds is 0. The third-order valence-corrected chi connectivity index (χ3v) is 0.903. The van der Waals surface area contributed by atoms with Crippen molar-refractivity contribution in [3.8, 4) is 0 Å². The van der Waals surface area contributed by atoms with E-state index in [2.05, 4.69) is 5.32 Å². The average Bonchev–Trinajstić information content (AvgIpc) is 1.86. The fourth-order valence-corrected chi connectivity index (χ4v) is 0.565. The van der Waals surface area contributed by atoms with Gasteiger partial charge in [0.15, 0.2) is 0 Å². The molecule has 1 heterocycles. The van der Waals surface area contributed by atoms with Crippen LogP contribution < -0.4 is 56.7 Å². The molecule has 0 radical (unpaired) electrons. The van der Waals surface area contributed by atoms with E-state index in [-0.39, 0.29) is 57.3 Å². The smallest absolute Gasteiger partial charge is 0.356 e. The van der Waals surface area contributed by atoms with Crippen molar-refractivity contribution in [2.24, 2.45) is 0 Å². The normalized spacial score (nSPS) is 18.0. The number of amides is 1. The summed E-state index contributed by atoms with van der Waals surface area (Å²) in [7, 11) is 0. The standard InChI is InChI=1S/C4H7NO.K/c6-4-2-1-3-5-4;/h1-3H2,(H,5,6);/q;+1. The molecular weight excluding hydrogens is 117 g/mol. The Morgan fingerprint density at radius 1 is 1.57 bits per heavy atom. The van der Waals surface area contributed by atoms with Crippen molar-refractivity contribution >= 4 is 5.91 Å². The molecule has 0 saturated carbocycles. The monoisotopic (exact) mass is 124 g/mol.